The van der Waals surface area contributed by atoms with E-state index in [1.165, 1.54) is 7.11 Å². The topological polar surface area (TPSA) is 83.1 Å². The van der Waals surface area contributed by atoms with Crippen molar-refractivity contribution in [1.29, 1.82) is 0 Å². The Kier molecular flexibility index (Phi) is 7.30. The average molecular weight is 359 g/mol. The molecule has 1 amide bonds. The van der Waals surface area contributed by atoms with E-state index in [0.29, 0.717) is 29.5 Å². The maximum absolute atomic E-state index is 11.8. The summed E-state index contributed by atoms with van der Waals surface area (Å²) in [5.74, 6) is 0.477. The van der Waals surface area contributed by atoms with Crippen LogP contribution in [0, 0.1) is 0 Å². The van der Waals surface area contributed by atoms with Gasteiger partial charge in [-0.25, -0.2) is 4.79 Å². The van der Waals surface area contributed by atoms with Crippen LogP contribution < -0.4 is 19.5 Å². The van der Waals surface area contributed by atoms with Gasteiger partial charge < -0.3 is 24.3 Å². The highest BCUT2D eigenvalue weighted by Gasteiger charge is 2.11. The van der Waals surface area contributed by atoms with E-state index in [0.717, 1.165) is 0 Å². The third-order valence-corrected chi connectivity index (χ3v) is 3.21. The smallest absolute Gasteiger partial charge is 0.344 e. The van der Waals surface area contributed by atoms with Crippen LogP contribution in [0.2, 0.25) is 0 Å². The lowest BCUT2D eigenvalue weighted by atomic mass is 10.3. The number of carbonyl (C=O) groups is 2. The van der Waals surface area contributed by atoms with E-state index in [-0.39, 0.29) is 6.61 Å². The fourth-order valence-corrected chi connectivity index (χ4v) is 2.07. The molecule has 0 saturated heterocycles. The van der Waals surface area contributed by atoms with Crippen LogP contribution in [0.5, 0.6) is 17.2 Å². The molecule has 7 nitrogen and oxygen atoms in total. The highest BCUT2D eigenvalue weighted by Crippen LogP contribution is 2.26. The lowest BCUT2D eigenvalue weighted by molar-refractivity contribution is -0.149. The van der Waals surface area contributed by atoms with Crippen LogP contribution in [0.1, 0.15) is 6.92 Å². The monoisotopic (exact) mass is 359 g/mol. The van der Waals surface area contributed by atoms with Crippen LogP contribution in [-0.4, -0.2) is 38.8 Å². The zero-order valence-electron chi connectivity index (χ0n) is 14.7. The van der Waals surface area contributed by atoms with Gasteiger partial charge in [-0.2, -0.15) is 0 Å². The number of methoxy groups -OCH3 is 1. The molecule has 138 valence electrons. The van der Waals surface area contributed by atoms with Crippen molar-refractivity contribution in [3.05, 3.63) is 48.5 Å². The van der Waals surface area contributed by atoms with Gasteiger partial charge in [-0.1, -0.05) is 18.2 Å². The van der Waals surface area contributed by atoms with E-state index in [1.54, 1.807) is 48.5 Å². The summed E-state index contributed by atoms with van der Waals surface area (Å²) in [6.45, 7) is 1.60. The maximum atomic E-state index is 11.8. The molecular weight excluding hydrogens is 338 g/mol. The first-order chi connectivity index (χ1) is 12.6. The van der Waals surface area contributed by atoms with Gasteiger partial charge in [0.1, 0.15) is 5.75 Å². The highest BCUT2D eigenvalue weighted by atomic mass is 16.6. The largest absolute Gasteiger partial charge is 0.497 e. The minimum Gasteiger partial charge on any atom is -0.497 e. The van der Waals surface area contributed by atoms with Crippen molar-refractivity contribution >= 4 is 17.6 Å². The second-order valence-electron chi connectivity index (χ2n) is 5.11. The molecule has 0 heterocycles. The summed E-state index contributed by atoms with van der Waals surface area (Å²) in [7, 11) is 1.53. The summed E-state index contributed by atoms with van der Waals surface area (Å²) in [5, 5.41) is 2.61. The number of hydrogen-bond acceptors (Lipinski definition) is 6. The van der Waals surface area contributed by atoms with Crippen molar-refractivity contribution in [2.75, 3.05) is 32.2 Å². The number of nitrogens with one attached hydrogen (secondary N) is 1. The molecular formula is C19H21NO6. The molecule has 0 aliphatic rings. The third kappa shape index (κ3) is 6.01. The summed E-state index contributed by atoms with van der Waals surface area (Å²) in [6, 6.07) is 13.9. The van der Waals surface area contributed by atoms with Gasteiger partial charge in [0.15, 0.2) is 24.7 Å². The minimum atomic E-state index is -0.655. The Morgan fingerprint density at radius 1 is 0.962 bits per heavy atom. The standard InChI is InChI=1S/C19H21NO6/c1-3-24-16-9-4-5-10-17(16)25-13-19(22)26-12-18(21)20-14-7-6-8-15(11-14)23-2/h4-11H,3,12-13H2,1-2H3,(H,20,21). The van der Waals surface area contributed by atoms with E-state index < -0.39 is 18.5 Å². The predicted octanol–water partition coefficient (Wildman–Crippen LogP) is 2.65. The number of para-hydroxylation sites is 2. The number of carbonyl (C=O) groups excluding carboxylic acids is 2. The highest BCUT2D eigenvalue weighted by molar-refractivity contribution is 5.93. The zero-order valence-corrected chi connectivity index (χ0v) is 14.7. The molecule has 0 atom stereocenters. The second-order valence-corrected chi connectivity index (χ2v) is 5.11. The van der Waals surface area contributed by atoms with E-state index in [2.05, 4.69) is 5.32 Å². The van der Waals surface area contributed by atoms with Crippen LogP contribution in [-0.2, 0) is 14.3 Å². The molecule has 0 bridgehead atoms. The van der Waals surface area contributed by atoms with Crippen LogP contribution in [0.3, 0.4) is 0 Å². The normalized spacial score (nSPS) is 9.92. The predicted molar refractivity (Wildman–Crippen MR) is 95.7 cm³/mol. The minimum absolute atomic E-state index is 0.323. The van der Waals surface area contributed by atoms with E-state index >= 15 is 0 Å². The van der Waals surface area contributed by atoms with Crippen molar-refractivity contribution in [2.24, 2.45) is 0 Å². The molecule has 0 fully saturated rings. The molecule has 0 radical (unpaired) electrons. The number of esters is 1. The molecule has 0 unspecified atom stereocenters. The first kappa shape index (κ1) is 19.1. The summed E-state index contributed by atoms with van der Waals surface area (Å²) < 4.78 is 20.8. The molecule has 2 rings (SSSR count). The molecule has 0 aromatic heterocycles. The van der Waals surface area contributed by atoms with Gasteiger partial charge in [-0.15, -0.1) is 0 Å². The number of benzene rings is 2. The summed E-state index contributed by atoms with van der Waals surface area (Å²) in [6.07, 6.45) is 0. The van der Waals surface area contributed by atoms with Crippen LogP contribution in [0.15, 0.2) is 48.5 Å². The molecule has 2 aromatic carbocycles. The Morgan fingerprint density at radius 2 is 1.69 bits per heavy atom. The fraction of sp³-hybridized carbons (Fsp3) is 0.263. The van der Waals surface area contributed by atoms with Gasteiger partial charge in [-0.05, 0) is 31.2 Å². The molecule has 2 aromatic rings. The Morgan fingerprint density at radius 3 is 2.38 bits per heavy atom. The number of anilines is 1. The second kappa shape index (κ2) is 9.93. The quantitative estimate of drug-likeness (QED) is 0.693. The fourth-order valence-electron chi connectivity index (χ4n) is 2.07. The average Bonchev–Trinajstić information content (AvgIpc) is 2.66. The molecule has 0 aliphatic carbocycles. The van der Waals surface area contributed by atoms with Gasteiger partial charge in [0.25, 0.3) is 5.91 Å². The molecule has 0 spiro atoms. The van der Waals surface area contributed by atoms with E-state index in [9.17, 15) is 9.59 Å². The first-order valence-corrected chi connectivity index (χ1v) is 8.06. The van der Waals surface area contributed by atoms with Crippen LogP contribution in [0.4, 0.5) is 5.69 Å². The van der Waals surface area contributed by atoms with Gasteiger partial charge in [-0.3, -0.25) is 4.79 Å². The molecule has 0 saturated carbocycles. The lowest BCUT2D eigenvalue weighted by Crippen LogP contribution is -2.23. The number of rotatable bonds is 9. The van der Waals surface area contributed by atoms with Crippen molar-refractivity contribution in [3.8, 4) is 17.2 Å². The molecule has 7 heteroatoms. The zero-order chi connectivity index (χ0) is 18.8. The van der Waals surface area contributed by atoms with Gasteiger partial charge in [0.05, 0.1) is 13.7 Å². The van der Waals surface area contributed by atoms with Crippen LogP contribution >= 0.6 is 0 Å². The third-order valence-electron chi connectivity index (χ3n) is 3.21. The van der Waals surface area contributed by atoms with Gasteiger partial charge in [0.2, 0.25) is 0 Å². The van der Waals surface area contributed by atoms with Gasteiger partial charge >= 0.3 is 5.97 Å². The molecule has 26 heavy (non-hydrogen) atoms. The van der Waals surface area contributed by atoms with Crippen molar-refractivity contribution in [1.82, 2.24) is 0 Å². The number of hydrogen-bond donors (Lipinski definition) is 1. The Bertz CT molecular complexity index is 746. The Balaban J connectivity index is 1.77. The summed E-state index contributed by atoms with van der Waals surface area (Å²) >= 11 is 0. The Hall–Kier alpha value is -3.22. The SMILES string of the molecule is CCOc1ccccc1OCC(=O)OCC(=O)Nc1cccc(OC)c1. The summed E-state index contributed by atoms with van der Waals surface area (Å²) in [5.41, 5.74) is 0.548. The van der Waals surface area contributed by atoms with Crippen molar-refractivity contribution in [3.63, 3.8) is 0 Å². The Labute approximate surface area is 151 Å². The van der Waals surface area contributed by atoms with E-state index in [4.69, 9.17) is 18.9 Å². The first-order valence-electron chi connectivity index (χ1n) is 8.06. The van der Waals surface area contributed by atoms with E-state index in [1.807, 2.05) is 6.92 Å². The summed E-state index contributed by atoms with van der Waals surface area (Å²) in [4.78, 5) is 23.6. The molecule has 1 N–H and O–H groups in total. The van der Waals surface area contributed by atoms with Crippen molar-refractivity contribution in [2.45, 2.75) is 6.92 Å². The van der Waals surface area contributed by atoms with Crippen molar-refractivity contribution < 1.29 is 28.5 Å². The lowest BCUT2D eigenvalue weighted by Gasteiger charge is -2.11. The number of amides is 1. The molecule has 0 aliphatic heterocycles. The maximum Gasteiger partial charge on any atom is 0.344 e. The number of ether oxygens (including phenoxy) is 4. The van der Waals surface area contributed by atoms with Gasteiger partial charge in [0, 0.05) is 11.8 Å². The van der Waals surface area contributed by atoms with Crippen LogP contribution in [0.25, 0.3) is 0 Å².